The van der Waals surface area contributed by atoms with Gasteiger partial charge in [0.2, 0.25) is 0 Å². The summed E-state index contributed by atoms with van der Waals surface area (Å²) >= 11 is 11.2. The molecule has 0 aromatic carbocycles. The van der Waals surface area contributed by atoms with E-state index in [-0.39, 0.29) is 0 Å². The van der Waals surface area contributed by atoms with Crippen LogP contribution in [-0.4, -0.2) is 4.98 Å². The van der Waals surface area contributed by atoms with Crippen molar-refractivity contribution in [1.29, 1.82) is 0 Å². The van der Waals surface area contributed by atoms with Crippen molar-refractivity contribution in [3.8, 4) is 0 Å². The van der Waals surface area contributed by atoms with Crippen molar-refractivity contribution in [3.05, 3.63) is 43.6 Å². The Labute approximate surface area is 118 Å². The first-order chi connectivity index (χ1) is 8.20. The maximum Gasteiger partial charge on any atom is 0.145 e. The number of aromatic nitrogens is 1. The first kappa shape index (κ1) is 12.9. The molecule has 0 bridgehead atoms. The topological polar surface area (TPSA) is 24.9 Å². The van der Waals surface area contributed by atoms with Gasteiger partial charge in [-0.1, -0.05) is 18.5 Å². The lowest BCUT2D eigenvalue weighted by molar-refractivity contribution is 1.07. The monoisotopic (exact) mass is 330 g/mol. The second-order valence-electron chi connectivity index (χ2n) is 3.56. The highest BCUT2D eigenvalue weighted by Crippen LogP contribution is 2.24. The molecule has 2 nitrogen and oxygen atoms in total. The number of pyridine rings is 1. The van der Waals surface area contributed by atoms with Gasteiger partial charge in [-0.05, 0) is 45.4 Å². The van der Waals surface area contributed by atoms with Gasteiger partial charge in [0.05, 0.1) is 11.6 Å². The van der Waals surface area contributed by atoms with Crippen molar-refractivity contribution in [1.82, 2.24) is 4.98 Å². The molecule has 2 aromatic heterocycles. The van der Waals surface area contributed by atoms with Crippen LogP contribution in [0.5, 0.6) is 0 Å². The van der Waals surface area contributed by atoms with Gasteiger partial charge in [0.1, 0.15) is 5.82 Å². The van der Waals surface area contributed by atoms with Crippen LogP contribution in [0.3, 0.4) is 0 Å². The first-order valence-corrected chi connectivity index (χ1v) is 7.36. The Balaban J connectivity index is 2.07. The summed E-state index contributed by atoms with van der Waals surface area (Å²) in [5, 5.41) is 6.01. The van der Waals surface area contributed by atoms with Gasteiger partial charge in [-0.2, -0.15) is 0 Å². The Morgan fingerprint density at radius 3 is 3.06 bits per heavy atom. The highest BCUT2D eigenvalue weighted by molar-refractivity contribution is 9.10. The summed E-state index contributed by atoms with van der Waals surface area (Å²) in [5.41, 5.74) is 1.38. The lowest BCUT2D eigenvalue weighted by Gasteiger charge is -2.07. The normalized spacial score (nSPS) is 10.5. The zero-order valence-electron chi connectivity index (χ0n) is 9.34. The lowest BCUT2D eigenvalue weighted by atomic mass is 10.2. The SMILES string of the molecule is CCc1ccsc1CNc1ncc(Br)cc1Cl. The fraction of sp³-hybridized carbons (Fsp3) is 0.250. The Morgan fingerprint density at radius 1 is 1.53 bits per heavy atom. The molecule has 2 aromatic rings. The molecule has 5 heteroatoms. The minimum absolute atomic E-state index is 0.633. The van der Waals surface area contributed by atoms with E-state index < -0.39 is 0 Å². The summed E-state index contributed by atoms with van der Waals surface area (Å²) in [4.78, 5) is 5.59. The third-order valence-corrected chi connectivity index (χ3v) is 4.13. The zero-order valence-corrected chi connectivity index (χ0v) is 12.5. The maximum absolute atomic E-state index is 6.09. The summed E-state index contributed by atoms with van der Waals surface area (Å²) in [7, 11) is 0. The van der Waals surface area contributed by atoms with Crippen LogP contribution in [0.25, 0.3) is 0 Å². The van der Waals surface area contributed by atoms with Gasteiger partial charge < -0.3 is 5.32 Å². The molecule has 0 atom stereocenters. The molecule has 0 saturated carbocycles. The van der Waals surface area contributed by atoms with Gasteiger partial charge >= 0.3 is 0 Å². The predicted octanol–water partition coefficient (Wildman–Crippen LogP) is 4.73. The fourth-order valence-corrected chi connectivity index (χ4v) is 3.16. The largest absolute Gasteiger partial charge is 0.364 e. The lowest BCUT2D eigenvalue weighted by Crippen LogP contribution is -2.02. The van der Waals surface area contributed by atoms with E-state index in [4.69, 9.17) is 11.6 Å². The summed E-state index contributed by atoms with van der Waals surface area (Å²) in [6.07, 6.45) is 2.80. The Bertz CT molecular complexity index is 513. The molecule has 0 saturated heterocycles. The molecule has 2 rings (SSSR count). The smallest absolute Gasteiger partial charge is 0.145 e. The fourth-order valence-electron chi connectivity index (χ4n) is 1.55. The summed E-state index contributed by atoms with van der Waals surface area (Å²) in [6.45, 7) is 2.94. The number of aryl methyl sites for hydroxylation is 1. The van der Waals surface area contributed by atoms with Crippen LogP contribution in [-0.2, 0) is 13.0 Å². The Kier molecular flexibility index (Phi) is 4.42. The van der Waals surface area contributed by atoms with Crippen LogP contribution in [0.4, 0.5) is 5.82 Å². The van der Waals surface area contributed by atoms with Gasteiger partial charge in [0.15, 0.2) is 0 Å². The Morgan fingerprint density at radius 2 is 2.35 bits per heavy atom. The van der Waals surface area contributed by atoms with Crippen molar-refractivity contribution < 1.29 is 0 Å². The first-order valence-electron chi connectivity index (χ1n) is 5.31. The van der Waals surface area contributed by atoms with Crippen LogP contribution < -0.4 is 5.32 Å². The number of nitrogens with zero attached hydrogens (tertiary/aromatic N) is 1. The van der Waals surface area contributed by atoms with Gasteiger partial charge in [-0.3, -0.25) is 0 Å². The standard InChI is InChI=1S/C12H12BrClN2S/c1-2-8-3-4-17-11(8)7-16-12-10(14)5-9(13)6-15-12/h3-6H,2,7H2,1H3,(H,15,16). The molecule has 0 spiro atoms. The predicted molar refractivity (Wildman–Crippen MR) is 78.0 cm³/mol. The van der Waals surface area contributed by atoms with E-state index in [1.165, 1.54) is 10.4 Å². The zero-order chi connectivity index (χ0) is 12.3. The Hall–Kier alpha value is -0.580. The third kappa shape index (κ3) is 3.21. The molecule has 0 radical (unpaired) electrons. The highest BCUT2D eigenvalue weighted by Gasteiger charge is 2.05. The van der Waals surface area contributed by atoms with E-state index in [1.807, 2.05) is 6.07 Å². The summed E-state index contributed by atoms with van der Waals surface area (Å²) in [5.74, 6) is 0.727. The van der Waals surface area contributed by atoms with Crippen LogP contribution in [0, 0.1) is 0 Å². The second-order valence-corrected chi connectivity index (χ2v) is 5.88. The molecule has 0 amide bonds. The minimum atomic E-state index is 0.633. The molecule has 0 aliphatic carbocycles. The van der Waals surface area contributed by atoms with Crippen LogP contribution in [0.15, 0.2) is 28.2 Å². The van der Waals surface area contributed by atoms with E-state index in [0.29, 0.717) is 5.02 Å². The minimum Gasteiger partial charge on any atom is -0.364 e. The number of anilines is 1. The highest BCUT2D eigenvalue weighted by atomic mass is 79.9. The molecule has 0 aliphatic heterocycles. The molecule has 0 fully saturated rings. The van der Waals surface area contributed by atoms with E-state index in [9.17, 15) is 0 Å². The van der Waals surface area contributed by atoms with Crippen molar-refractivity contribution in [2.45, 2.75) is 19.9 Å². The average molecular weight is 332 g/mol. The quantitative estimate of drug-likeness (QED) is 0.875. The number of halogens is 2. The maximum atomic E-state index is 6.09. The van der Waals surface area contributed by atoms with Gasteiger partial charge in [-0.15, -0.1) is 11.3 Å². The molecule has 2 heterocycles. The van der Waals surface area contributed by atoms with E-state index in [2.05, 4.69) is 44.6 Å². The molecular weight excluding hydrogens is 320 g/mol. The number of thiophene rings is 1. The summed E-state index contributed by atoms with van der Waals surface area (Å²) in [6, 6.07) is 4.00. The molecule has 0 unspecified atom stereocenters. The molecule has 0 aliphatic rings. The molecular formula is C12H12BrClN2S. The summed E-state index contributed by atoms with van der Waals surface area (Å²) < 4.78 is 0.887. The molecule has 90 valence electrons. The number of hydrogen-bond donors (Lipinski definition) is 1. The van der Waals surface area contributed by atoms with E-state index in [1.54, 1.807) is 17.5 Å². The number of hydrogen-bond acceptors (Lipinski definition) is 3. The average Bonchev–Trinajstić information content (AvgIpc) is 2.75. The van der Waals surface area contributed by atoms with Crippen LogP contribution in [0.1, 0.15) is 17.4 Å². The van der Waals surface area contributed by atoms with Crippen LogP contribution >= 0.6 is 38.9 Å². The van der Waals surface area contributed by atoms with Crippen molar-refractivity contribution >= 4 is 44.7 Å². The van der Waals surface area contributed by atoms with Gasteiger partial charge in [0.25, 0.3) is 0 Å². The van der Waals surface area contributed by atoms with E-state index >= 15 is 0 Å². The van der Waals surface area contributed by atoms with Gasteiger partial charge in [-0.25, -0.2) is 4.98 Å². The molecule has 1 N–H and O–H groups in total. The van der Waals surface area contributed by atoms with Crippen molar-refractivity contribution in [2.24, 2.45) is 0 Å². The van der Waals surface area contributed by atoms with E-state index in [0.717, 1.165) is 23.3 Å². The van der Waals surface area contributed by atoms with Crippen molar-refractivity contribution in [3.63, 3.8) is 0 Å². The third-order valence-electron chi connectivity index (χ3n) is 2.44. The molecule has 17 heavy (non-hydrogen) atoms. The van der Waals surface area contributed by atoms with Crippen LogP contribution in [0.2, 0.25) is 5.02 Å². The number of rotatable bonds is 4. The van der Waals surface area contributed by atoms with Crippen molar-refractivity contribution in [2.75, 3.05) is 5.32 Å². The second kappa shape index (κ2) is 5.85. The number of nitrogens with one attached hydrogen (secondary N) is 1. The van der Waals surface area contributed by atoms with Gasteiger partial charge in [0, 0.05) is 15.5 Å².